The standard InChI is InChI=1S/C27H22Cl3N3O4/c28-17-9-7-15(8-10-17)14-37-24-19(29)12-16(13-20(24)30)23-22-6-3-11-32(22)27(25(23)33(35)36)18-4-1-2-5-21(18)31-26(27)34/h1-2,4-5,7-10,12-13,22-23,25H,3,6,11,14H2,(H,31,34)/t22-,23-,25+,27-/m0/s1. The summed E-state index contributed by atoms with van der Waals surface area (Å²) in [5.41, 5.74) is 1.39. The lowest BCUT2D eigenvalue weighted by Gasteiger charge is -2.32. The minimum atomic E-state index is -1.39. The minimum absolute atomic E-state index is 0.208. The number of amides is 1. The number of hydrogen-bond acceptors (Lipinski definition) is 5. The molecule has 2 saturated heterocycles. The van der Waals surface area contributed by atoms with Crippen LogP contribution >= 0.6 is 34.8 Å². The highest BCUT2D eigenvalue weighted by Gasteiger charge is 2.73. The molecule has 10 heteroatoms. The Kier molecular flexibility index (Phi) is 6.07. The second-order valence-electron chi connectivity index (χ2n) is 9.65. The van der Waals surface area contributed by atoms with E-state index in [0.717, 1.165) is 18.4 Å². The number of fused-ring (bicyclic) bond motifs is 4. The Morgan fingerprint density at radius 2 is 1.78 bits per heavy atom. The van der Waals surface area contributed by atoms with E-state index < -0.39 is 17.5 Å². The number of rotatable bonds is 5. The molecule has 0 aliphatic carbocycles. The highest BCUT2D eigenvalue weighted by molar-refractivity contribution is 6.37. The maximum Gasteiger partial charge on any atom is 0.256 e. The van der Waals surface area contributed by atoms with Gasteiger partial charge in [0.1, 0.15) is 6.61 Å². The van der Waals surface area contributed by atoms with Gasteiger partial charge in [0.15, 0.2) is 11.3 Å². The van der Waals surface area contributed by atoms with Crippen molar-refractivity contribution in [3.05, 3.63) is 103 Å². The molecule has 3 heterocycles. The number of carbonyl (C=O) groups excluding carboxylic acids is 1. The molecule has 0 saturated carbocycles. The number of benzene rings is 3. The first-order valence-corrected chi connectivity index (χ1v) is 13.1. The molecule has 1 N–H and O–H groups in total. The van der Waals surface area contributed by atoms with Crippen LogP contribution in [0.3, 0.4) is 0 Å². The van der Waals surface area contributed by atoms with Crippen molar-refractivity contribution in [2.24, 2.45) is 0 Å². The van der Waals surface area contributed by atoms with E-state index in [1.54, 1.807) is 30.3 Å². The Balaban J connectivity index is 1.40. The highest BCUT2D eigenvalue weighted by atomic mass is 35.5. The largest absolute Gasteiger partial charge is 0.486 e. The normalized spacial score (nSPS) is 26.2. The van der Waals surface area contributed by atoms with Gasteiger partial charge in [0.05, 0.1) is 16.0 Å². The average molecular weight is 559 g/mol. The van der Waals surface area contributed by atoms with Gasteiger partial charge in [-0.25, -0.2) is 0 Å². The van der Waals surface area contributed by atoms with E-state index in [-0.39, 0.29) is 33.5 Å². The van der Waals surface area contributed by atoms with Gasteiger partial charge in [-0.15, -0.1) is 0 Å². The number of ether oxygens (including phenoxy) is 1. The van der Waals surface area contributed by atoms with Crippen LogP contribution in [0.1, 0.15) is 35.4 Å². The van der Waals surface area contributed by atoms with Crippen molar-refractivity contribution in [1.29, 1.82) is 0 Å². The van der Waals surface area contributed by atoms with Gasteiger partial charge in [0.2, 0.25) is 0 Å². The summed E-state index contributed by atoms with van der Waals surface area (Å²) >= 11 is 19.2. The van der Waals surface area contributed by atoms with Crippen molar-refractivity contribution in [2.75, 3.05) is 11.9 Å². The fourth-order valence-electron chi connectivity index (χ4n) is 6.42. The molecule has 3 aliphatic heterocycles. The van der Waals surface area contributed by atoms with Gasteiger partial charge in [-0.05, 0) is 54.3 Å². The summed E-state index contributed by atoms with van der Waals surface area (Å²) in [6, 6.07) is 16.4. The van der Waals surface area contributed by atoms with E-state index in [9.17, 15) is 14.9 Å². The number of halogens is 3. The van der Waals surface area contributed by atoms with Crippen molar-refractivity contribution in [3.63, 3.8) is 0 Å². The molecule has 3 aromatic rings. The second kappa shape index (κ2) is 9.17. The Labute approximate surface area is 228 Å². The maximum atomic E-state index is 13.6. The Bertz CT molecular complexity index is 1390. The Morgan fingerprint density at radius 3 is 2.49 bits per heavy atom. The number of para-hydroxylation sites is 1. The first-order valence-electron chi connectivity index (χ1n) is 12.0. The molecule has 190 valence electrons. The molecule has 0 bridgehead atoms. The third-order valence-electron chi connectivity index (χ3n) is 7.80. The number of anilines is 1. The quantitative estimate of drug-likeness (QED) is 0.294. The summed E-state index contributed by atoms with van der Waals surface area (Å²) in [4.78, 5) is 28.1. The van der Waals surface area contributed by atoms with Crippen LogP contribution in [-0.2, 0) is 16.9 Å². The van der Waals surface area contributed by atoms with Crippen molar-refractivity contribution >= 4 is 46.4 Å². The van der Waals surface area contributed by atoms with Gasteiger partial charge < -0.3 is 10.1 Å². The maximum absolute atomic E-state index is 13.6. The Morgan fingerprint density at radius 1 is 1.08 bits per heavy atom. The molecular formula is C27H22Cl3N3O4. The zero-order chi connectivity index (χ0) is 25.9. The molecule has 4 atom stereocenters. The van der Waals surface area contributed by atoms with Crippen LogP contribution in [0.25, 0.3) is 0 Å². The van der Waals surface area contributed by atoms with Crippen LogP contribution in [-0.4, -0.2) is 34.4 Å². The lowest BCUT2D eigenvalue weighted by molar-refractivity contribution is -0.534. The van der Waals surface area contributed by atoms with E-state index in [0.29, 0.717) is 34.1 Å². The zero-order valence-corrected chi connectivity index (χ0v) is 21.8. The monoisotopic (exact) mass is 557 g/mol. The number of carbonyl (C=O) groups is 1. The van der Waals surface area contributed by atoms with E-state index in [2.05, 4.69) is 5.32 Å². The van der Waals surface area contributed by atoms with Gasteiger partial charge in [0, 0.05) is 33.8 Å². The molecule has 7 nitrogen and oxygen atoms in total. The summed E-state index contributed by atoms with van der Waals surface area (Å²) in [5.74, 6) is -0.640. The number of hydrogen-bond donors (Lipinski definition) is 1. The first-order chi connectivity index (χ1) is 17.8. The van der Waals surface area contributed by atoms with Gasteiger partial charge in [-0.3, -0.25) is 19.8 Å². The van der Waals surface area contributed by atoms with Crippen LogP contribution in [0.5, 0.6) is 5.75 Å². The molecule has 37 heavy (non-hydrogen) atoms. The minimum Gasteiger partial charge on any atom is -0.486 e. The highest BCUT2D eigenvalue weighted by Crippen LogP contribution is 2.58. The Hall–Kier alpha value is -2.84. The van der Waals surface area contributed by atoms with E-state index in [1.165, 1.54) is 0 Å². The van der Waals surface area contributed by atoms with E-state index in [1.807, 2.05) is 35.2 Å². The molecule has 6 rings (SSSR count). The summed E-state index contributed by atoms with van der Waals surface area (Å²) in [6.07, 6.45) is 1.57. The van der Waals surface area contributed by atoms with Crippen LogP contribution in [0, 0.1) is 10.1 Å². The lowest BCUT2D eigenvalue weighted by Crippen LogP contribution is -2.55. The number of nitrogens with one attached hydrogen (secondary N) is 1. The van der Waals surface area contributed by atoms with Crippen LogP contribution in [0.2, 0.25) is 15.1 Å². The molecule has 2 fully saturated rings. The smallest absolute Gasteiger partial charge is 0.256 e. The summed E-state index contributed by atoms with van der Waals surface area (Å²) in [6.45, 7) is 0.824. The fraction of sp³-hybridized carbons (Fsp3) is 0.296. The molecular weight excluding hydrogens is 537 g/mol. The first kappa shape index (κ1) is 24.5. The second-order valence-corrected chi connectivity index (χ2v) is 10.9. The van der Waals surface area contributed by atoms with E-state index >= 15 is 0 Å². The van der Waals surface area contributed by atoms with E-state index in [4.69, 9.17) is 39.5 Å². The summed E-state index contributed by atoms with van der Waals surface area (Å²) in [7, 11) is 0. The molecule has 0 unspecified atom stereocenters. The van der Waals surface area contributed by atoms with Crippen molar-refractivity contribution in [2.45, 2.75) is 43.0 Å². The molecule has 3 aromatic carbocycles. The topological polar surface area (TPSA) is 84.7 Å². The third kappa shape index (κ3) is 3.71. The van der Waals surface area contributed by atoms with Crippen molar-refractivity contribution in [3.8, 4) is 5.75 Å². The lowest BCUT2D eigenvalue weighted by atomic mass is 9.77. The van der Waals surface area contributed by atoms with Gasteiger partial charge >= 0.3 is 0 Å². The molecule has 0 aromatic heterocycles. The molecule has 1 amide bonds. The fourth-order valence-corrected chi connectivity index (χ4v) is 7.16. The average Bonchev–Trinajstić information content (AvgIpc) is 3.53. The van der Waals surface area contributed by atoms with Crippen molar-refractivity contribution < 1.29 is 14.5 Å². The van der Waals surface area contributed by atoms with Crippen molar-refractivity contribution in [1.82, 2.24) is 4.90 Å². The predicted octanol–water partition coefficient (Wildman–Crippen LogP) is 6.28. The third-order valence-corrected chi connectivity index (χ3v) is 8.61. The molecule has 0 radical (unpaired) electrons. The van der Waals surface area contributed by atoms with Gasteiger partial charge in [-0.1, -0.05) is 65.1 Å². The SMILES string of the molecule is O=C1Nc2ccccc2[C@]12[C@H]([N+](=O)[O-])[C@@H](c1cc(Cl)c(OCc3ccc(Cl)cc3)c(Cl)c1)[C@@H]1CCCN12. The molecule has 1 spiro atoms. The zero-order valence-electron chi connectivity index (χ0n) is 19.5. The van der Waals surface area contributed by atoms with Crippen LogP contribution < -0.4 is 10.1 Å². The predicted molar refractivity (Wildman–Crippen MR) is 142 cm³/mol. The van der Waals surface area contributed by atoms with Crippen LogP contribution in [0.4, 0.5) is 5.69 Å². The summed E-state index contributed by atoms with van der Waals surface area (Å²) in [5, 5.41) is 16.8. The summed E-state index contributed by atoms with van der Waals surface area (Å²) < 4.78 is 5.91. The molecule has 3 aliphatic rings. The van der Waals surface area contributed by atoms with Gasteiger partial charge in [-0.2, -0.15) is 0 Å². The van der Waals surface area contributed by atoms with Gasteiger partial charge in [0.25, 0.3) is 11.9 Å². The number of nitro groups is 1. The van der Waals surface area contributed by atoms with Crippen LogP contribution in [0.15, 0.2) is 60.7 Å². The number of nitrogens with zero attached hydrogens (tertiary/aromatic N) is 2.